The van der Waals surface area contributed by atoms with Crippen molar-refractivity contribution in [3.8, 4) is 11.5 Å². The number of anilines is 1. The molecule has 2 N–H and O–H groups in total. The lowest BCUT2D eigenvalue weighted by Crippen LogP contribution is -2.37. The van der Waals surface area contributed by atoms with Gasteiger partial charge in [-0.3, -0.25) is 14.4 Å². The van der Waals surface area contributed by atoms with Gasteiger partial charge in [-0.1, -0.05) is 6.07 Å². The summed E-state index contributed by atoms with van der Waals surface area (Å²) in [6, 6.07) is 3.63. The van der Waals surface area contributed by atoms with Crippen molar-refractivity contribution in [3.05, 3.63) is 63.2 Å². The highest BCUT2D eigenvalue weighted by Gasteiger charge is 2.32. The largest absolute Gasteiger partial charge is 0.573 e. The van der Waals surface area contributed by atoms with E-state index in [4.69, 9.17) is 4.74 Å². The minimum absolute atomic E-state index is 0.00340. The van der Waals surface area contributed by atoms with Crippen molar-refractivity contribution in [2.24, 2.45) is 5.92 Å². The first-order chi connectivity index (χ1) is 20.2. The Labute approximate surface area is 242 Å². The second-order valence-electron chi connectivity index (χ2n) is 10.3. The zero-order valence-corrected chi connectivity index (χ0v) is 23.6. The third-order valence-corrected chi connectivity index (χ3v) is 7.49. The molecule has 1 atom stereocenters. The van der Waals surface area contributed by atoms with Crippen LogP contribution in [0.5, 0.6) is 11.5 Å². The lowest BCUT2D eigenvalue weighted by Gasteiger charge is -2.33. The number of hydrogen-bond acceptors (Lipinski definition) is 6. The van der Waals surface area contributed by atoms with E-state index in [1.807, 2.05) is 0 Å². The van der Waals surface area contributed by atoms with Crippen LogP contribution in [0.15, 0.2) is 35.3 Å². The second-order valence-corrected chi connectivity index (χ2v) is 10.3. The van der Waals surface area contributed by atoms with E-state index < -0.39 is 59.4 Å². The molecule has 0 saturated carbocycles. The molecule has 1 aliphatic heterocycles. The Morgan fingerprint density at radius 1 is 1.19 bits per heavy atom. The number of amides is 1. The number of carbonyl (C=O) groups is 2. The summed E-state index contributed by atoms with van der Waals surface area (Å²) in [6.45, 7) is 2.39. The molecule has 232 valence electrons. The van der Waals surface area contributed by atoms with Crippen LogP contribution in [0.3, 0.4) is 0 Å². The molecule has 1 fully saturated rings. The maximum atomic E-state index is 15.6. The van der Waals surface area contributed by atoms with Crippen LogP contribution < -0.4 is 25.1 Å². The standard InChI is InChI=1S/C29H30F5N3O6/c1-15-10-19(43-29(32,33)34)5-4-18(15)13-35-27(39)21-14-37(16(2)12-30)23-20(25(21)38)11-22(31)24(26(23)42-3)36-8-6-17(7-9-36)28(40)41/h4-5,10-11,14,16-17H,6-9,12-13H2,1-3H3,(H,35,39)(H,40,41). The zero-order valence-electron chi connectivity index (χ0n) is 23.6. The number of aryl methyl sites for hydroxylation is 1. The number of hydrogen-bond donors (Lipinski definition) is 2. The van der Waals surface area contributed by atoms with Crippen molar-refractivity contribution in [2.75, 3.05) is 31.8 Å². The Kier molecular flexibility index (Phi) is 9.16. The predicted molar refractivity (Wildman–Crippen MR) is 147 cm³/mol. The molecule has 4 rings (SSSR count). The fourth-order valence-corrected chi connectivity index (χ4v) is 5.20. The van der Waals surface area contributed by atoms with E-state index in [-0.39, 0.29) is 54.8 Å². The number of nitrogens with zero attached hydrogens (tertiary/aromatic N) is 2. The van der Waals surface area contributed by atoms with Crippen molar-refractivity contribution < 1.29 is 46.1 Å². The Morgan fingerprint density at radius 3 is 2.42 bits per heavy atom. The van der Waals surface area contributed by atoms with Crippen LogP contribution in [0.4, 0.5) is 27.6 Å². The number of piperidine rings is 1. The zero-order chi connectivity index (χ0) is 31.6. The molecule has 2 heterocycles. The van der Waals surface area contributed by atoms with Crippen LogP contribution in [-0.2, 0) is 11.3 Å². The molecule has 1 saturated heterocycles. The molecular weight excluding hydrogens is 581 g/mol. The van der Waals surface area contributed by atoms with Crippen LogP contribution >= 0.6 is 0 Å². The van der Waals surface area contributed by atoms with E-state index in [0.717, 1.165) is 24.4 Å². The number of aromatic nitrogens is 1. The molecule has 0 spiro atoms. The summed E-state index contributed by atoms with van der Waals surface area (Å²) in [6.07, 6.45) is -3.17. The first-order valence-electron chi connectivity index (χ1n) is 13.4. The number of methoxy groups -OCH3 is 1. The van der Waals surface area contributed by atoms with Gasteiger partial charge in [-0.25, -0.2) is 8.78 Å². The lowest BCUT2D eigenvalue weighted by molar-refractivity contribution is -0.274. The van der Waals surface area contributed by atoms with Crippen LogP contribution in [0, 0.1) is 18.7 Å². The van der Waals surface area contributed by atoms with E-state index in [9.17, 15) is 37.1 Å². The number of pyridine rings is 1. The van der Waals surface area contributed by atoms with E-state index in [1.165, 1.54) is 31.6 Å². The third-order valence-electron chi connectivity index (χ3n) is 7.49. The number of halogens is 5. The predicted octanol–water partition coefficient (Wildman–Crippen LogP) is 5.12. The van der Waals surface area contributed by atoms with Gasteiger partial charge in [0.15, 0.2) is 11.6 Å². The van der Waals surface area contributed by atoms with Gasteiger partial charge in [0.1, 0.15) is 23.7 Å². The molecule has 2 aromatic carbocycles. The number of ether oxygens (including phenoxy) is 2. The number of rotatable bonds is 9. The number of carboxylic acids is 1. The molecule has 0 radical (unpaired) electrons. The van der Waals surface area contributed by atoms with Gasteiger partial charge in [-0.2, -0.15) is 0 Å². The minimum atomic E-state index is -4.87. The quantitative estimate of drug-likeness (QED) is 0.324. The van der Waals surface area contributed by atoms with Crippen LogP contribution in [0.1, 0.15) is 47.3 Å². The van der Waals surface area contributed by atoms with Gasteiger partial charge in [0, 0.05) is 25.8 Å². The molecule has 14 heteroatoms. The van der Waals surface area contributed by atoms with E-state index in [2.05, 4.69) is 10.1 Å². The number of carboxylic acid groups (broad SMARTS) is 1. The first kappa shape index (κ1) is 31.6. The van der Waals surface area contributed by atoms with Crippen LogP contribution in [0.2, 0.25) is 0 Å². The van der Waals surface area contributed by atoms with Gasteiger partial charge in [-0.15, -0.1) is 13.2 Å². The molecular formula is C29H30F5N3O6. The van der Waals surface area contributed by atoms with Gasteiger partial charge >= 0.3 is 12.3 Å². The summed E-state index contributed by atoms with van der Waals surface area (Å²) in [5.74, 6) is -3.69. The normalized spacial score (nSPS) is 14.9. The number of alkyl halides is 4. The molecule has 0 aliphatic carbocycles. The topological polar surface area (TPSA) is 110 Å². The molecule has 3 aromatic rings. The first-order valence-corrected chi connectivity index (χ1v) is 13.4. The van der Waals surface area contributed by atoms with Crippen molar-refractivity contribution in [2.45, 2.75) is 45.6 Å². The second kappa shape index (κ2) is 12.5. The number of benzene rings is 2. The Bertz CT molecular complexity index is 1600. The van der Waals surface area contributed by atoms with E-state index in [0.29, 0.717) is 11.1 Å². The SMILES string of the molecule is COc1c(N2CCC(C(=O)O)CC2)c(F)cc2c(=O)c(C(=O)NCc3ccc(OC(F)(F)F)cc3C)cn(C(C)CF)c12. The molecule has 1 amide bonds. The highest BCUT2D eigenvalue weighted by Crippen LogP contribution is 2.40. The summed E-state index contributed by atoms with van der Waals surface area (Å²) in [4.78, 5) is 39.7. The number of fused-ring (bicyclic) bond motifs is 1. The Morgan fingerprint density at radius 2 is 1.86 bits per heavy atom. The monoisotopic (exact) mass is 611 g/mol. The molecule has 1 unspecified atom stereocenters. The fraction of sp³-hybridized carbons (Fsp3) is 0.414. The highest BCUT2D eigenvalue weighted by molar-refractivity contribution is 6.00. The van der Waals surface area contributed by atoms with Gasteiger partial charge in [-0.05, 0) is 56.0 Å². The van der Waals surface area contributed by atoms with Gasteiger partial charge in [0.25, 0.3) is 5.91 Å². The molecule has 43 heavy (non-hydrogen) atoms. The van der Waals surface area contributed by atoms with Gasteiger partial charge < -0.3 is 29.4 Å². The smallest absolute Gasteiger partial charge is 0.492 e. The molecule has 1 aromatic heterocycles. The van der Waals surface area contributed by atoms with E-state index in [1.54, 1.807) is 4.90 Å². The van der Waals surface area contributed by atoms with Crippen molar-refractivity contribution in [3.63, 3.8) is 0 Å². The van der Waals surface area contributed by atoms with Crippen molar-refractivity contribution >= 4 is 28.5 Å². The van der Waals surface area contributed by atoms with Crippen molar-refractivity contribution in [1.29, 1.82) is 0 Å². The minimum Gasteiger partial charge on any atom is -0.492 e. The van der Waals surface area contributed by atoms with Crippen LogP contribution in [0.25, 0.3) is 10.9 Å². The summed E-state index contributed by atoms with van der Waals surface area (Å²) in [7, 11) is 1.27. The number of aliphatic carboxylic acids is 1. The maximum Gasteiger partial charge on any atom is 0.573 e. The summed E-state index contributed by atoms with van der Waals surface area (Å²) in [5.41, 5.74) is -0.334. The fourth-order valence-electron chi connectivity index (χ4n) is 5.20. The summed E-state index contributed by atoms with van der Waals surface area (Å²) < 4.78 is 78.0. The Balaban J connectivity index is 1.71. The summed E-state index contributed by atoms with van der Waals surface area (Å²) >= 11 is 0. The number of carbonyl (C=O) groups excluding carboxylic acids is 1. The maximum absolute atomic E-state index is 15.6. The van der Waals surface area contributed by atoms with Gasteiger partial charge in [0.2, 0.25) is 5.43 Å². The lowest BCUT2D eigenvalue weighted by atomic mass is 9.96. The average molecular weight is 612 g/mol. The van der Waals surface area contributed by atoms with Crippen LogP contribution in [-0.4, -0.2) is 54.8 Å². The van der Waals surface area contributed by atoms with Gasteiger partial charge in [0.05, 0.1) is 30.0 Å². The third kappa shape index (κ3) is 6.67. The number of nitrogens with one attached hydrogen (secondary N) is 1. The van der Waals surface area contributed by atoms with E-state index >= 15 is 4.39 Å². The molecule has 0 bridgehead atoms. The highest BCUT2D eigenvalue weighted by atomic mass is 19.4. The molecule has 1 aliphatic rings. The van der Waals surface area contributed by atoms with Crippen molar-refractivity contribution in [1.82, 2.24) is 9.88 Å². The molecule has 9 nitrogen and oxygen atoms in total. The Hall–Kier alpha value is -4.36. The average Bonchev–Trinajstić information content (AvgIpc) is 2.95. The summed E-state index contributed by atoms with van der Waals surface area (Å²) in [5, 5.41) is 11.6.